The van der Waals surface area contributed by atoms with Gasteiger partial charge in [0, 0.05) is 40.2 Å². The molecule has 0 saturated carbocycles. The molecule has 3 amide bonds. The molecule has 2 aliphatic rings. The number of aromatic nitrogens is 2. The molecule has 214 valence electrons. The molecule has 0 spiro atoms. The van der Waals surface area contributed by atoms with Crippen molar-refractivity contribution in [1.82, 2.24) is 19.8 Å². The van der Waals surface area contributed by atoms with Crippen LogP contribution in [0.15, 0.2) is 66.4 Å². The third kappa shape index (κ3) is 5.36. The number of benzene rings is 2. The Bertz CT molecular complexity index is 1640. The molecule has 11 heteroatoms. The summed E-state index contributed by atoms with van der Waals surface area (Å²) < 4.78 is 12.2. The zero-order chi connectivity index (χ0) is 29.3. The number of carbonyl (C=O) groups is 3. The van der Waals surface area contributed by atoms with E-state index in [1.54, 1.807) is 29.0 Å². The van der Waals surface area contributed by atoms with E-state index in [0.717, 1.165) is 10.1 Å². The predicted octanol–water partition coefficient (Wildman–Crippen LogP) is 2.79. The Morgan fingerprint density at radius 3 is 2.61 bits per heavy atom. The van der Waals surface area contributed by atoms with Gasteiger partial charge < -0.3 is 24.6 Å². The first-order valence-electron chi connectivity index (χ1n) is 13.3. The lowest BCUT2D eigenvalue weighted by molar-refractivity contribution is -0.131. The van der Waals surface area contributed by atoms with E-state index in [0.29, 0.717) is 61.7 Å². The van der Waals surface area contributed by atoms with Gasteiger partial charge in [0.2, 0.25) is 5.91 Å². The van der Waals surface area contributed by atoms with E-state index in [4.69, 9.17) is 9.47 Å². The van der Waals surface area contributed by atoms with E-state index in [2.05, 4.69) is 23.5 Å². The van der Waals surface area contributed by atoms with Crippen LogP contribution in [0.25, 0.3) is 27.7 Å². The van der Waals surface area contributed by atoms with Crippen molar-refractivity contribution in [2.45, 2.75) is 25.8 Å². The van der Waals surface area contributed by atoms with Crippen molar-refractivity contribution in [2.75, 3.05) is 38.3 Å². The standard InChI is InChI=1S/C30H31N5O6.H2/c1-18(29(38)33(4)22-10-13-40-14-11-22)32-28(37)19(2)35-17-31-27-23(6-5-7-24(27)30(35)39)21-8-9-25-26(16-21)41-15-12-34(25)20(3)36;/h5-9,16-17,22H,1-2,10-15H2,3-4H3,(H,32,37);1H. The van der Waals surface area contributed by atoms with E-state index < -0.39 is 17.4 Å². The Hall–Kier alpha value is -4.77. The summed E-state index contributed by atoms with van der Waals surface area (Å²) in [6.07, 6.45) is 2.64. The first-order chi connectivity index (χ1) is 19.7. The van der Waals surface area contributed by atoms with Crippen molar-refractivity contribution >= 4 is 40.0 Å². The number of hydrogen-bond acceptors (Lipinski definition) is 7. The monoisotopic (exact) mass is 559 g/mol. The first-order valence-corrected chi connectivity index (χ1v) is 13.3. The predicted molar refractivity (Wildman–Crippen MR) is 156 cm³/mol. The maximum Gasteiger partial charge on any atom is 0.272 e. The molecule has 2 aromatic carbocycles. The number of ether oxygens (including phenoxy) is 2. The van der Waals surface area contributed by atoms with Gasteiger partial charge >= 0.3 is 0 Å². The molecule has 41 heavy (non-hydrogen) atoms. The number of amides is 3. The SMILES string of the molecule is C=C(NC(=O)C(=C)n1cnc2c(-c3ccc4c(c3)OCCN4C(C)=O)cccc2c1=O)C(=O)N(C)C1CCOCC1.[HH]. The van der Waals surface area contributed by atoms with Gasteiger partial charge in [0.05, 0.1) is 28.8 Å². The second-order valence-corrected chi connectivity index (χ2v) is 9.96. The molecule has 0 aliphatic carbocycles. The molecular weight excluding hydrogens is 526 g/mol. The summed E-state index contributed by atoms with van der Waals surface area (Å²) in [6.45, 7) is 11.0. The van der Waals surface area contributed by atoms with E-state index in [1.807, 2.05) is 24.3 Å². The van der Waals surface area contributed by atoms with Crippen LogP contribution in [0.5, 0.6) is 5.75 Å². The molecule has 11 nitrogen and oxygen atoms in total. The van der Waals surface area contributed by atoms with Gasteiger partial charge in [-0.3, -0.25) is 23.7 Å². The van der Waals surface area contributed by atoms with Crippen LogP contribution in [-0.4, -0.2) is 71.6 Å². The van der Waals surface area contributed by atoms with Crippen LogP contribution >= 0.6 is 0 Å². The molecule has 1 fully saturated rings. The van der Waals surface area contributed by atoms with Gasteiger partial charge in [-0.1, -0.05) is 31.4 Å². The smallest absolute Gasteiger partial charge is 0.272 e. The topological polar surface area (TPSA) is 123 Å². The number of nitrogens with one attached hydrogen (secondary N) is 1. The molecule has 1 N–H and O–H groups in total. The summed E-state index contributed by atoms with van der Waals surface area (Å²) in [5.74, 6) is -0.674. The maximum atomic E-state index is 13.4. The average Bonchev–Trinajstić information content (AvgIpc) is 2.99. The number of para-hydroxylation sites is 1. The lowest BCUT2D eigenvalue weighted by Gasteiger charge is -2.31. The van der Waals surface area contributed by atoms with Crippen LogP contribution in [-0.2, 0) is 19.1 Å². The fourth-order valence-electron chi connectivity index (χ4n) is 5.12. The molecule has 0 unspecified atom stereocenters. The Kier molecular flexibility index (Phi) is 7.71. The largest absolute Gasteiger partial charge is 0.490 e. The Morgan fingerprint density at radius 2 is 1.88 bits per heavy atom. The highest BCUT2D eigenvalue weighted by Gasteiger charge is 2.26. The number of carbonyl (C=O) groups excluding carboxylic acids is 3. The highest BCUT2D eigenvalue weighted by molar-refractivity contribution is 6.15. The average molecular weight is 560 g/mol. The third-order valence-corrected chi connectivity index (χ3v) is 7.44. The lowest BCUT2D eigenvalue weighted by atomic mass is 10.0. The number of likely N-dealkylation sites (N-methyl/N-ethyl adjacent to an activating group) is 1. The van der Waals surface area contributed by atoms with E-state index in [9.17, 15) is 19.2 Å². The normalized spacial score (nSPS) is 15.0. The number of nitrogens with zero attached hydrogens (tertiary/aromatic N) is 4. The Balaban J connectivity index is 0.00000405. The zero-order valence-corrected chi connectivity index (χ0v) is 23.0. The van der Waals surface area contributed by atoms with Crippen molar-refractivity contribution in [3.8, 4) is 16.9 Å². The number of hydrogen-bond donors (Lipinski definition) is 1. The van der Waals surface area contributed by atoms with Crippen molar-refractivity contribution in [3.05, 3.63) is 71.9 Å². The van der Waals surface area contributed by atoms with Gasteiger partial charge in [0.25, 0.3) is 17.4 Å². The Labute approximate surface area is 238 Å². The molecule has 0 bridgehead atoms. The van der Waals surface area contributed by atoms with Gasteiger partial charge in [-0.25, -0.2) is 4.98 Å². The van der Waals surface area contributed by atoms with Crippen molar-refractivity contribution < 1.29 is 25.3 Å². The quantitative estimate of drug-likeness (QED) is 0.461. The summed E-state index contributed by atoms with van der Waals surface area (Å²) >= 11 is 0. The molecular formula is C30H33N5O6. The zero-order valence-electron chi connectivity index (χ0n) is 23.0. The first kappa shape index (κ1) is 27.8. The maximum absolute atomic E-state index is 13.4. The minimum absolute atomic E-state index is 0. The molecule has 0 radical (unpaired) electrons. The summed E-state index contributed by atoms with van der Waals surface area (Å²) in [5.41, 5.74) is 1.73. The fourth-order valence-corrected chi connectivity index (χ4v) is 5.12. The molecule has 5 rings (SSSR count). The van der Waals surface area contributed by atoms with Gasteiger partial charge in [0.1, 0.15) is 24.4 Å². The van der Waals surface area contributed by atoms with Gasteiger partial charge in [0.15, 0.2) is 0 Å². The molecule has 1 saturated heterocycles. The minimum Gasteiger partial charge on any atom is -0.490 e. The van der Waals surface area contributed by atoms with E-state index in [1.165, 1.54) is 13.3 Å². The van der Waals surface area contributed by atoms with Crippen LogP contribution in [0.3, 0.4) is 0 Å². The molecule has 3 heterocycles. The lowest BCUT2D eigenvalue weighted by Crippen LogP contribution is -2.44. The van der Waals surface area contributed by atoms with Crippen molar-refractivity contribution in [3.63, 3.8) is 0 Å². The van der Waals surface area contributed by atoms with E-state index >= 15 is 0 Å². The van der Waals surface area contributed by atoms with Crippen LogP contribution < -0.4 is 20.5 Å². The Morgan fingerprint density at radius 1 is 1.12 bits per heavy atom. The van der Waals surface area contributed by atoms with Crippen LogP contribution in [0.2, 0.25) is 0 Å². The summed E-state index contributed by atoms with van der Waals surface area (Å²) in [5, 5.41) is 2.74. The highest BCUT2D eigenvalue weighted by atomic mass is 16.5. The van der Waals surface area contributed by atoms with Gasteiger partial charge in [-0.05, 0) is 36.6 Å². The van der Waals surface area contributed by atoms with Crippen LogP contribution in [0.1, 0.15) is 21.2 Å². The van der Waals surface area contributed by atoms with Crippen LogP contribution in [0.4, 0.5) is 5.69 Å². The number of fused-ring (bicyclic) bond motifs is 2. The van der Waals surface area contributed by atoms with Crippen LogP contribution in [0, 0.1) is 0 Å². The molecule has 3 aromatic rings. The number of rotatable bonds is 6. The van der Waals surface area contributed by atoms with Gasteiger partial charge in [-0.15, -0.1) is 0 Å². The van der Waals surface area contributed by atoms with Gasteiger partial charge in [-0.2, -0.15) is 0 Å². The summed E-state index contributed by atoms with van der Waals surface area (Å²) in [6, 6.07) is 10.6. The van der Waals surface area contributed by atoms with Crippen molar-refractivity contribution in [1.29, 1.82) is 0 Å². The second kappa shape index (κ2) is 11.4. The molecule has 2 aliphatic heterocycles. The highest BCUT2D eigenvalue weighted by Crippen LogP contribution is 2.37. The van der Waals surface area contributed by atoms with Crippen molar-refractivity contribution in [2.24, 2.45) is 0 Å². The summed E-state index contributed by atoms with van der Waals surface area (Å²) in [4.78, 5) is 58.9. The second-order valence-electron chi connectivity index (χ2n) is 9.96. The van der Waals surface area contributed by atoms with E-state index in [-0.39, 0.29) is 30.2 Å². The third-order valence-electron chi connectivity index (χ3n) is 7.44. The molecule has 0 atom stereocenters. The number of anilines is 1. The fraction of sp³-hybridized carbons (Fsp3) is 0.300. The summed E-state index contributed by atoms with van der Waals surface area (Å²) in [7, 11) is 1.66. The molecule has 1 aromatic heterocycles. The minimum atomic E-state index is -0.745.